The summed E-state index contributed by atoms with van der Waals surface area (Å²) in [5.41, 5.74) is 11.5. The lowest BCUT2D eigenvalue weighted by Crippen LogP contribution is -2.44. The molecule has 0 aromatic heterocycles. The predicted octanol–water partition coefficient (Wildman–Crippen LogP) is 1.74. The van der Waals surface area contributed by atoms with E-state index in [9.17, 15) is 4.79 Å². The first-order chi connectivity index (χ1) is 10.2. The smallest absolute Gasteiger partial charge is 0.273 e. The summed E-state index contributed by atoms with van der Waals surface area (Å²) in [6, 6.07) is 16.7. The molecule has 2 aromatic rings. The molecule has 0 aliphatic rings. The van der Waals surface area contributed by atoms with Gasteiger partial charge in [-0.25, -0.2) is 0 Å². The molecule has 0 radical (unpaired) electrons. The summed E-state index contributed by atoms with van der Waals surface area (Å²) in [6.07, 6.45) is 0. The van der Waals surface area contributed by atoms with Crippen LogP contribution in [-0.2, 0) is 6.61 Å². The third-order valence-corrected chi connectivity index (χ3v) is 2.77. The van der Waals surface area contributed by atoms with Gasteiger partial charge in [-0.2, -0.15) is 0 Å². The molecular weight excluding hydrogens is 286 g/mol. The van der Waals surface area contributed by atoms with Gasteiger partial charge in [0.25, 0.3) is 5.91 Å². The fourth-order valence-electron chi connectivity index (χ4n) is 1.70. The fraction of sp³-hybridized carbons (Fsp3) is 0.0667. The average Bonchev–Trinajstić information content (AvgIpc) is 2.52. The van der Waals surface area contributed by atoms with Crippen molar-refractivity contribution in [3.63, 3.8) is 0 Å². The quantitative estimate of drug-likeness (QED) is 0.592. The number of carbonyl (C=O) groups excluding carboxylic acids is 1. The molecule has 21 heavy (non-hydrogen) atoms. The number of hydrogen-bond donors (Lipinski definition) is 3. The highest BCUT2D eigenvalue weighted by atomic mass is 32.1. The van der Waals surface area contributed by atoms with Gasteiger partial charge in [0, 0.05) is 0 Å². The molecule has 0 aliphatic heterocycles. The maximum atomic E-state index is 12.0. The normalized spacial score (nSPS) is 9.71. The molecule has 4 N–H and O–H groups in total. The molecule has 0 atom stereocenters. The molecule has 0 bridgehead atoms. The maximum Gasteiger partial charge on any atom is 0.273 e. The first-order valence-corrected chi connectivity index (χ1v) is 6.69. The highest BCUT2D eigenvalue weighted by Crippen LogP contribution is 2.19. The van der Waals surface area contributed by atoms with Crippen LogP contribution in [0.25, 0.3) is 0 Å². The number of para-hydroxylation sites is 1. The molecule has 0 fully saturated rings. The third kappa shape index (κ3) is 4.47. The molecule has 0 unspecified atom stereocenters. The van der Waals surface area contributed by atoms with Crippen LogP contribution >= 0.6 is 12.2 Å². The first kappa shape index (κ1) is 14.8. The van der Waals surface area contributed by atoms with Gasteiger partial charge in [0.15, 0.2) is 5.11 Å². The predicted molar refractivity (Wildman–Crippen MR) is 84.6 cm³/mol. The molecule has 1 amide bonds. The largest absolute Gasteiger partial charge is 0.488 e. The van der Waals surface area contributed by atoms with E-state index >= 15 is 0 Å². The number of nitrogens with one attached hydrogen (secondary N) is 2. The second-order valence-corrected chi connectivity index (χ2v) is 4.65. The lowest BCUT2D eigenvalue weighted by Gasteiger charge is -2.12. The van der Waals surface area contributed by atoms with Crippen LogP contribution in [0.15, 0.2) is 54.6 Å². The Hall–Kier alpha value is -2.60. The van der Waals surface area contributed by atoms with Crippen LogP contribution in [0, 0.1) is 0 Å². The Balaban J connectivity index is 2.06. The monoisotopic (exact) mass is 301 g/mol. The van der Waals surface area contributed by atoms with Gasteiger partial charge < -0.3 is 10.5 Å². The Bertz CT molecular complexity index is 632. The van der Waals surface area contributed by atoms with E-state index < -0.39 is 0 Å². The second kappa shape index (κ2) is 7.25. The number of ether oxygens (including phenoxy) is 1. The molecule has 2 aromatic carbocycles. The van der Waals surface area contributed by atoms with Gasteiger partial charge in [-0.15, -0.1) is 0 Å². The summed E-state index contributed by atoms with van der Waals surface area (Å²) in [5.74, 6) is 0.120. The molecule has 6 heteroatoms. The number of nitrogens with two attached hydrogens (primary N) is 1. The summed E-state index contributed by atoms with van der Waals surface area (Å²) in [7, 11) is 0. The Morgan fingerprint density at radius 3 is 2.43 bits per heavy atom. The number of hydrogen-bond acceptors (Lipinski definition) is 3. The van der Waals surface area contributed by atoms with Crippen LogP contribution in [0.5, 0.6) is 5.75 Å². The number of amides is 1. The van der Waals surface area contributed by atoms with Crippen molar-refractivity contribution in [3.05, 3.63) is 65.7 Å². The minimum atomic E-state index is -0.369. The van der Waals surface area contributed by atoms with Crippen molar-refractivity contribution in [3.8, 4) is 5.75 Å². The number of thiocarbonyl (C=S) groups is 1. The minimum absolute atomic E-state index is 0.00830. The van der Waals surface area contributed by atoms with Crippen molar-refractivity contribution in [1.29, 1.82) is 0 Å². The number of benzene rings is 2. The van der Waals surface area contributed by atoms with E-state index in [1.165, 1.54) is 0 Å². The highest BCUT2D eigenvalue weighted by molar-refractivity contribution is 7.80. The van der Waals surface area contributed by atoms with Crippen LogP contribution < -0.4 is 21.3 Å². The van der Waals surface area contributed by atoms with Gasteiger partial charge in [0.1, 0.15) is 12.4 Å². The van der Waals surface area contributed by atoms with Crippen LogP contribution in [0.1, 0.15) is 15.9 Å². The molecule has 0 aliphatic carbocycles. The summed E-state index contributed by atoms with van der Waals surface area (Å²) in [6.45, 7) is 0.383. The summed E-state index contributed by atoms with van der Waals surface area (Å²) in [5, 5.41) is -0.00830. The minimum Gasteiger partial charge on any atom is -0.488 e. The van der Waals surface area contributed by atoms with Crippen molar-refractivity contribution in [2.45, 2.75) is 6.61 Å². The van der Waals surface area contributed by atoms with Crippen LogP contribution in [0.4, 0.5) is 0 Å². The lowest BCUT2D eigenvalue weighted by molar-refractivity contribution is 0.0939. The molecular formula is C15H15N3O2S. The zero-order valence-corrected chi connectivity index (χ0v) is 12.0. The SMILES string of the molecule is NC(=S)NNC(=O)c1ccccc1OCc1ccccc1. The van der Waals surface area contributed by atoms with E-state index in [0.29, 0.717) is 17.9 Å². The van der Waals surface area contributed by atoms with E-state index in [2.05, 4.69) is 23.1 Å². The van der Waals surface area contributed by atoms with Crippen molar-refractivity contribution in [2.24, 2.45) is 5.73 Å². The Morgan fingerprint density at radius 1 is 1.05 bits per heavy atom. The fourth-order valence-corrected chi connectivity index (χ4v) is 1.75. The van der Waals surface area contributed by atoms with E-state index in [1.807, 2.05) is 30.3 Å². The molecule has 0 saturated heterocycles. The zero-order valence-electron chi connectivity index (χ0n) is 11.2. The second-order valence-electron chi connectivity index (χ2n) is 4.21. The van der Waals surface area contributed by atoms with Crippen molar-refractivity contribution in [2.75, 3.05) is 0 Å². The zero-order chi connectivity index (χ0) is 15.1. The summed E-state index contributed by atoms with van der Waals surface area (Å²) in [4.78, 5) is 12.0. The Kier molecular flexibility index (Phi) is 5.11. The Morgan fingerprint density at radius 2 is 1.71 bits per heavy atom. The van der Waals surface area contributed by atoms with Crippen LogP contribution in [0.2, 0.25) is 0 Å². The van der Waals surface area contributed by atoms with Gasteiger partial charge in [-0.3, -0.25) is 15.6 Å². The summed E-state index contributed by atoms with van der Waals surface area (Å²) >= 11 is 4.63. The van der Waals surface area contributed by atoms with Crippen molar-refractivity contribution < 1.29 is 9.53 Å². The highest BCUT2D eigenvalue weighted by Gasteiger charge is 2.11. The van der Waals surface area contributed by atoms with Gasteiger partial charge >= 0.3 is 0 Å². The topological polar surface area (TPSA) is 76.4 Å². The number of rotatable bonds is 4. The first-order valence-electron chi connectivity index (χ1n) is 6.28. The van der Waals surface area contributed by atoms with Crippen LogP contribution in [0.3, 0.4) is 0 Å². The van der Waals surface area contributed by atoms with Gasteiger partial charge in [0.05, 0.1) is 5.56 Å². The number of carbonyl (C=O) groups is 1. The molecule has 108 valence electrons. The average molecular weight is 301 g/mol. The molecule has 0 heterocycles. The molecule has 0 spiro atoms. The van der Waals surface area contributed by atoms with Gasteiger partial charge in [-0.1, -0.05) is 42.5 Å². The van der Waals surface area contributed by atoms with Gasteiger partial charge in [0.2, 0.25) is 0 Å². The number of hydrazine groups is 1. The van der Waals surface area contributed by atoms with E-state index in [-0.39, 0.29) is 11.0 Å². The van der Waals surface area contributed by atoms with Crippen LogP contribution in [-0.4, -0.2) is 11.0 Å². The standard InChI is InChI=1S/C15H15N3O2S/c16-15(21)18-17-14(19)12-8-4-5-9-13(12)20-10-11-6-2-1-3-7-11/h1-9H,10H2,(H,17,19)(H3,16,18,21). The lowest BCUT2D eigenvalue weighted by atomic mass is 10.2. The van der Waals surface area contributed by atoms with E-state index in [1.54, 1.807) is 24.3 Å². The van der Waals surface area contributed by atoms with Gasteiger partial charge in [-0.05, 0) is 29.9 Å². The molecule has 0 saturated carbocycles. The van der Waals surface area contributed by atoms with Crippen molar-refractivity contribution >= 4 is 23.2 Å². The Labute approximate surface area is 128 Å². The maximum absolute atomic E-state index is 12.0. The molecule has 5 nitrogen and oxygen atoms in total. The summed E-state index contributed by atoms with van der Waals surface area (Å²) < 4.78 is 5.70. The third-order valence-electron chi connectivity index (χ3n) is 2.67. The van der Waals surface area contributed by atoms with E-state index in [0.717, 1.165) is 5.56 Å². The van der Waals surface area contributed by atoms with Crippen molar-refractivity contribution in [1.82, 2.24) is 10.9 Å². The molecule has 2 rings (SSSR count). The van der Waals surface area contributed by atoms with E-state index in [4.69, 9.17) is 10.5 Å².